The van der Waals surface area contributed by atoms with E-state index in [1.165, 1.54) is 10.9 Å². The van der Waals surface area contributed by atoms with Gasteiger partial charge in [0.05, 0.1) is 18.2 Å². The second kappa shape index (κ2) is 5.00. The molecule has 0 aromatic carbocycles. The molecule has 2 N–H and O–H groups in total. The lowest BCUT2D eigenvalue weighted by Crippen LogP contribution is -2.08. The molecule has 0 fully saturated rings. The molecule has 0 unspecified atom stereocenters. The van der Waals surface area contributed by atoms with Gasteiger partial charge in [0.15, 0.2) is 5.78 Å². The van der Waals surface area contributed by atoms with Gasteiger partial charge >= 0.3 is 0 Å². The van der Waals surface area contributed by atoms with E-state index in [4.69, 9.17) is 5.73 Å². The topological polar surface area (TPSA) is 73.8 Å². The highest BCUT2D eigenvalue weighted by atomic mass is 16.1. The number of ketones is 1. The van der Waals surface area contributed by atoms with E-state index in [0.29, 0.717) is 11.4 Å². The molecule has 0 atom stereocenters. The number of aromatic nitrogens is 3. The van der Waals surface area contributed by atoms with Crippen LogP contribution in [0.15, 0.2) is 24.5 Å². The summed E-state index contributed by atoms with van der Waals surface area (Å²) in [5.41, 5.74) is 8.13. The van der Waals surface area contributed by atoms with E-state index < -0.39 is 0 Å². The molecule has 0 saturated heterocycles. The van der Waals surface area contributed by atoms with Crippen LogP contribution in [-0.2, 0) is 19.9 Å². The maximum Gasteiger partial charge on any atom is 0.174 e. The van der Waals surface area contributed by atoms with Crippen molar-refractivity contribution in [2.24, 2.45) is 7.05 Å². The minimum Gasteiger partial charge on any atom is -0.383 e. The quantitative estimate of drug-likeness (QED) is 0.825. The van der Waals surface area contributed by atoms with Gasteiger partial charge in [-0.3, -0.25) is 14.5 Å². The van der Waals surface area contributed by atoms with Crippen LogP contribution in [0.25, 0.3) is 0 Å². The van der Waals surface area contributed by atoms with Gasteiger partial charge in [-0.25, -0.2) is 0 Å². The lowest BCUT2D eigenvalue weighted by atomic mass is 10.1. The first-order valence-corrected chi connectivity index (χ1v) is 5.86. The van der Waals surface area contributed by atoms with Gasteiger partial charge in [-0.15, -0.1) is 0 Å². The molecule has 2 rings (SSSR count). The Labute approximate surface area is 106 Å². The minimum atomic E-state index is -0.0580. The number of hydrogen-bond acceptors (Lipinski definition) is 4. The molecule has 0 bridgehead atoms. The number of hydrogen-bond donors (Lipinski definition) is 1. The van der Waals surface area contributed by atoms with E-state index in [1.54, 1.807) is 13.2 Å². The van der Waals surface area contributed by atoms with Crippen LogP contribution in [0.4, 0.5) is 5.82 Å². The number of carbonyl (C=O) groups excluding carboxylic acids is 1. The van der Waals surface area contributed by atoms with E-state index in [-0.39, 0.29) is 12.2 Å². The summed E-state index contributed by atoms with van der Waals surface area (Å²) in [7, 11) is 1.71. The minimum absolute atomic E-state index is 0.0580. The van der Waals surface area contributed by atoms with Crippen LogP contribution in [-0.4, -0.2) is 20.5 Å². The molecule has 0 spiro atoms. The van der Waals surface area contributed by atoms with Crippen LogP contribution >= 0.6 is 0 Å². The van der Waals surface area contributed by atoms with Crippen molar-refractivity contribution in [1.82, 2.24) is 14.8 Å². The number of pyridine rings is 1. The van der Waals surface area contributed by atoms with Crippen molar-refractivity contribution in [1.29, 1.82) is 0 Å². The summed E-state index contributed by atoms with van der Waals surface area (Å²) in [6.07, 6.45) is 4.49. The molecule has 0 amide bonds. The Morgan fingerprint density at radius 1 is 1.39 bits per heavy atom. The molecule has 2 aromatic rings. The normalized spacial score (nSPS) is 10.6. The van der Waals surface area contributed by atoms with E-state index in [0.717, 1.165) is 17.7 Å². The molecule has 2 aromatic heterocycles. The van der Waals surface area contributed by atoms with Gasteiger partial charge in [-0.2, -0.15) is 5.10 Å². The Kier molecular flexibility index (Phi) is 3.41. The maximum atomic E-state index is 12.0. The van der Waals surface area contributed by atoms with Crippen molar-refractivity contribution in [3.05, 3.63) is 41.3 Å². The highest BCUT2D eigenvalue weighted by Gasteiger charge is 2.14. The monoisotopic (exact) mass is 244 g/mol. The molecule has 0 aliphatic heterocycles. The van der Waals surface area contributed by atoms with Gasteiger partial charge in [0.1, 0.15) is 5.82 Å². The zero-order chi connectivity index (χ0) is 13.1. The molecule has 5 nitrogen and oxygen atoms in total. The van der Waals surface area contributed by atoms with Crippen LogP contribution in [0.2, 0.25) is 0 Å². The number of nitrogen functional groups attached to an aromatic ring is 1. The molecule has 5 heteroatoms. The highest BCUT2D eigenvalue weighted by Crippen LogP contribution is 2.13. The molecule has 0 aliphatic carbocycles. The summed E-state index contributed by atoms with van der Waals surface area (Å²) in [5.74, 6) is 0.336. The molecule has 0 radical (unpaired) electrons. The summed E-state index contributed by atoms with van der Waals surface area (Å²) >= 11 is 0. The Morgan fingerprint density at radius 2 is 2.17 bits per heavy atom. The summed E-state index contributed by atoms with van der Waals surface area (Å²) in [4.78, 5) is 16.3. The predicted molar refractivity (Wildman–Crippen MR) is 69.3 cm³/mol. The van der Waals surface area contributed by atoms with Crippen LogP contribution in [0.3, 0.4) is 0 Å². The summed E-state index contributed by atoms with van der Waals surface area (Å²) in [6.45, 7) is 2.07. The third-order valence-corrected chi connectivity index (χ3v) is 2.92. The van der Waals surface area contributed by atoms with Crippen LogP contribution in [0.5, 0.6) is 0 Å². The second-order valence-corrected chi connectivity index (χ2v) is 4.18. The molecular weight excluding hydrogens is 228 g/mol. The van der Waals surface area contributed by atoms with Gasteiger partial charge in [0, 0.05) is 18.9 Å². The first kappa shape index (κ1) is 12.3. The van der Waals surface area contributed by atoms with Crippen molar-refractivity contribution < 1.29 is 4.79 Å². The van der Waals surface area contributed by atoms with Gasteiger partial charge in [0.25, 0.3) is 0 Å². The average molecular weight is 244 g/mol. The lowest BCUT2D eigenvalue weighted by Gasteiger charge is -2.02. The molecule has 0 saturated carbocycles. The first-order valence-electron chi connectivity index (χ1n) is 5.86. The van der Waals surface area contributed by atoms with E-state index in [1.807, 2.05) is 12.1 Å². The fraction of sp³-hybridized carbons (Fsp3) is 0.308. The summed E-state index contributed by atoms with van der Waals surface area (Å²) in [6, 6.07) is 3.87. The van der Waals surface area contributed by atoms with Gasteiger partial charge in [-0.05, 0) is 18.1 Å². The van der Waals surface area contributed by atoms with Crippen LogP contribution in [0.1, 0.15) is 28.5 Å². The lowest BCUT2D eigenvalue weighted by molar-refractivity contribution is 0.0992. The third kappa shape index (κ3) is 2.40. The second-order valence-electron chi connectivity index (χ2n) is 4.18. The Hall–Kier alpha value is -2.17. The fourth-order valence-corrected chi connectivity index (χ4v) is 1.69. The molecular formula is C13H16N4O. The Balaban J connectivity index is 2.13. The fourth-order valence-electron chi connectivity index (χ4n) is 1.69. The van der Waals surface area contributed by atoms with Crippen molar-refractivity contribution >= 4 is 11.6 Å². The third-order valence-electron chi connectivity index (χ3n) is 2.92. The molecule has 94 valence electrons. The number of Topliss-reactive ketones (excluding diaryl/α,β-unsaturated/α-hetero) is 1. The summed E-state index contributed by atoms with van der Waals surface area (Å²) in [5, 5.41) is 3.96. The van der Waals surface area contributed by atoms with Crippen molar-refractivity contribution in [3.63, 3.8) is 0 Å². The predicted octanol–water partition coefficient (Wildman–Crippen LogP) is 1.39. The van der Waals surface area contributed by atoms with Crippen molar-refractivity contribution in [2.45, 2.75) is 19.8 Å². The van der Waals surface area contributed by atoms with Crippen LogP contribution < -0.4 is 5.73 Å². The van der Waals surface area contributed by atoms with Gasteiger partial charge in [-0.1, -0.05) is 13.0 Å². The summed E-state index contributed by atoms with van der Waals surface area (Å²) < 4.78 is 1.49. The Bertz CT molecular complexity index is 557. The zero-order valence-electron chi connectivity index (χ0n) is 10.6. The molecule has 0 aliphatic rings. The SMILES string of the molecule is CCc1ccc(CC(=O)c2cnn(C)c2N)nc1. The van der Waals surface area contributed by atoms with Gasteiger partial charge in [0.2, 0.25) is 0 Å². The number of rotatable bonds is 4. The number of nitrogens with two attached hydrogens (primary N) is 1. The number of nitrogens with zero attached hydrogens (tertiary/aromatic N) is 3. The average Bonchev–Trinajstić information content (AvgIpc) is 2.71. The molecule has 2 heterocycles. The van der Waals surface area contributed by atoms with E-state index >= 15 is 0 Å². The van der Waals surface area contributed by atoms with Gasteiger partial charge < -0.3 is 5.73 Å². The molecule has 18 heavy (non-hydrogen) atoms. The van der Waals surface area contributed by atoms with E-state index in [9.17, 15) is 4.79 Å². The number of carbonyl (C=O) groups is 1. The maximum absolute atomic E-state index is 12.0. The zero-order valence-corrected chi connectivity index (χ0v) is 10.6. The van der Waals surface area contributed by atoms with Crippen molar-refractivity contribution in [2.75, 3.05) is 5.73 Å². The standard InChI is InChI=1S/C13H16N4O/c1-3-9-4-5-10(15-7-9)6-12(18)11-8-16-17(2)13(11)14/h4-5,7-8H,3,6,14H2,1-2H3. The largest absolute Gasteiger partial charge is 0.383 e. The highest BCUT2D eigenvalue weighted by molar-refractivity contribution is 6.00. The van der Waals surface area contributed by atoms with E-state index in [2.05, 4.69) is 17.0 Å². The van der Waals surface area contributed by atoms with Crippen LogP contribution in [0, 0.1) is 0 Å². The first-order chi connectivity index (χ1) is 8.61. The smallest absolute Gasteiger partial charge is 0.174 e. The number of anilines is 1. The number of aryl methyl sites for hydroxylation is 2. The Morgan fingerprint density at radius 3 is 2.67 bits per heavy atom. The van der Waals surface area contributed by atoms with Crippen molar-refractivity contribution in [3.8, 4) is 0 Å².